The Labute approximate surface area is 260 Å². The summed E-state index contributed by atoms with van der Waals surface area (Å²) in [6.07, 6.45) is 5.83. The first-order valence-corrected chi connectivity index (χ1v) is 16.2. The van der Waals surface area contributed by atoms with E-state index in [4.69, 9.17) is 23.2 Å². The number of sulfonamides is 1. The zero-order valence-corrected chi connectivity index (χ0v) is 25.8. The molecule has 0 aliphatic carbocycles. The van der Waals surface area contributed by atoms with Crippen molar-refractivity contribution in [2.45, 2.75) is 24.9 Å². The van der Waals surface area contributed by atoms with Crippen molar-refractivity contribution in [3.05, 3.63) is 124 Å². The number of aromatic nitrogens is 2. The highest BCUT2D eigenvalue weighted by Gasteiger charge is 2.41. The van der Waals surface area contributed by atoms with Crippen molar-refractivity contribution >= 4 is 44.8 Å². The van der Waals surface area contributed by atoms with Crippen molar-refractivity contribution < 1.29 is 17.6 Å². The smallest absolute Gasteiger partial charge is 0.251 e. The Morgan fingerprint density at radius 2 is 1.63 bits per heavy atom. The molecule has 1 amide bonds. The van der Waals surface area contributed by atoms with E-state index in [1.165, 1.54) is 10.4 Å². The number of hydrogen-bond donors (Lipinski definition) is 1. The van der Waals surface area contributed by atoms with Gasteiger partial charge < -0.3 is 5.32 Å². The Balaban J connectivity index is 1.36. The second-order valence-electron chi connectivity index (χ2n) is 10.6. The molecular weight excluding hydrogens is 612 g/mol. The lowest BCUT2D eigenvalue weighted by Crippen LogP contribution is -2.61. The molecule has 1 N–H and O–H groups in total. The van der Waals surface area contributed by atoms with Crippen LogP contribution >= 0.6 is 23.2 Å². The molecule has 1 unspecified atom stereocenters. The van der Waals surface area contributed by atoms with Gasteiger partial charge in [0, 0.05) is 59.8 Å². The van der Waals surface area contributed by atoms with Crippen molar-refractivity contribution in [3.63, 3.8) is 0 Å². The summed E-state index contributed by atoms with van der Waals surface area (Å²) in [6.45, 7) is 2.87. The summed E-state index contributed by atoms with van der Waals surface area (Å²) < 4.78 is 42.2. The van der Waals surface area contributed by atoms with Gasteiger partial charge in [-0.3, -0.25) is 24.0 Å². The van der Waals surface area contributed by atoms with Gasteiger partial charge in [-0.15, -0.1) is 0 Å². The van der Waals surface area contributed by atoms with Crippen LogP contribution in [-0.2, 0) is 10.0 Å². The SMILES string of the molecule is CC(CNC(=O)c1cc(F)cc(N(C2CN(C(c3ccc(Cl)cc3)c3ccc(Cl)cc3)C2)S(C)(=O)=O)c1)c1cnccn1. The lowest BCUT2D eigenvalue weighted by Gasteiger charge is -2.48. The molecule has 3 aromatic carbocycles. The third kappa shape index (κ3) is 7.33. The molecule has 5 rings (SSSR count). The van der Waals surface area contributed by atoms with Gasteiger partial charge in [-0.2, -0.15) is 0 Å². The molecule has 4 aromatic rings. The van der Waals surface area contributed by atoms with Crippen LogP contribution in [0.5, 0.6) is 0 Å². The Bertz CT molecular complexity index is 1640. The van der Waals surface area contributed by atoms with Gasteiger partial charge in [0.2, 0.25) is 10.0 Å². The molecule has 8 nitrogen and oxygen atoms in total. The molecule has 0 saturated carbocycles. The number of anilines is 1. The lowest BCUT2D eigenvalue weighted by atomic mass is 9.93. The summed E-state index contributed by atoms with van der Waals surface area (Å²) in [5.41, 5.74) is 2.78. The predicted molar refractivity (Wildman–Crippen MR) is 167 cm³/mol. The van der Waals surface area contributed by atoms with Gasteiger partial charge in [0.1, 0.15) is 5.82 Å². The van der Waals surface area contributed by atoms with Crippen LogP contribution in [0.1, 0.15) is 46.1 Å². The van der Waals surface area contributed by atoms with E-state index in [2.05, 4.69) is 20.2 Å². The lowest BCUT2D eigenvalue weighted by molar-refractivity contribution is 0.0951. The second kappa shape index (κ2) is 13.0. The highest BCUT2D eigenvalue weighted by Crippen LogP contribution is 2.37. The van der Waals surface area contributed by atoms with Gasteiger partial charge in [0.05, 0.1) is 29.7 Å². The summed E-state index contributed by atoms with van der Waals surface area (Å²) in [7, 11) is -3.83. The topological polar surface area (TPSA) is 95.5 Å². The molecule has 12 heteroatoms. The Kier molecular flexibility index (Phi) is 9.31. The van der Waals surface area contributed by atoms with Crippen molar-refractivity contribution in [1.82, 2.24) is 20.2 Å². The number of carbonyl (C=O) groups is 1. The van der Waals surface area contributed by atoms with Gasteiger partial charge >= 0.3 is 0 Å². The number of hydrogen-bond acceptors (Lipinski definition) is 6. The van der Waals surface area contributed by atoms with E-state index in [0.717, 1.165) is 29.5 Å². The van der Waals surface area contributed by atoms with Gasteiger partial charge in [0.15, 0.2) is 0 Å². The second-order valence-corrected chi connectivity index (χ2v) is 13.3. The minimum absolute atomic E-state index is 0.0198. The zero-order valence-electron chi connectivity index (χ0n) is 23.5. The van der Waals surface area contributed by atoms with Crippen molar-refractivity contribution in [3.8, 4) is 0 Å². The fourth-order valence-electron chi connectivity index (χ4n) is 5.27. The van der Waals surface area contributed by atoms with Crippen LogP contribution in [0, 0.1) is 5.82 Å². The van der Waals surface area contributed by atoms with Crippen LogP contribution in [-0.4, -0.2) is 61.1 Å². The average molecular weight is 643 g/mol. The highest BCUT2D eigenvalue weighted by molar-refractivity contribution is 7.92. The Hall–Kier alpha value is -3.57. The van der Waals surface area contributed by atoms with Crippen LogP contribution in [0.2, 0.25) is 10.0 Å². The van der Waals surface area contributed by atoms with E-state index in [9.17, 15) is 17.6 Å². The quantitative estimate of drug-likeness (QED) is 0.239. The average Bonchev–Trinajstić information content (AvgIpc) is 2.95. The largest absolute Gasteiger partial charge is 0.351 e. The van der Waals surface area contributed by atoms with Crippen molar-refractivity contribution in [2.75, 3.05) is 30.2 Å². The van der Waals surface area contributed by atoms with Crippen molar-refractivity contribution in [1.29, 1.82) is 0 Å². The normalized spacial score (nSPS) is 14.7. The number of likely N-dealkylation sites (tertiary alicyclic amines) is 1. The van der Waals surface area contributed by atoms with Gasteiger partial charge in [-0.05, 0) is 53.6 Å². The van der Waals surface area contributed by atoms with Gasteiger partial charge in [-0.25, -0.2) is 12.8 Å². The Morgan fingerprint density at radius 3 is 2.16 bits per heavy atom. The number of benzene rings is 3. The minimum atomic E-state index is -3.83. The van der Waals surface area contributed by atoms with E-state index in [0.29, 0.717) is 28.8 Å². The summed E-state index contributed by atoms with van der Waals surface area (Å²) in [6, 6.07) is 18.0. The number of halogens is 3. The van der Waals surface area contributed by atoms with E-state index in [1.807, 2.05) is 55.5 Å². The first-order valence-electron chi connectivity index (χ1n) is 13.6. The molecule has 1 saturated heterocycles. The number of carbonyl (C=O) groups excluding carboxylic acids is 1. The molecule has 0 radical (unpaired) electrons. The first kappa shape index (κ1) is 30.9. The summed E-state index contributed by atoms with van der Waals surface area (Å²) in [5, 5.41) is 4.00. The molecule has 0 spiro atoms. The van der Waals surface area contributed by atoms with Crippen molar-refractivity contribution in [2.24, 2.45) is 0 Å². The number of amides is 1. The minimum Gasteiger partial charge on any atom is -0.351 e. The maximum atomic E-state index is 14.8. The van der Waals surface area contributed by atoms with E-state index >= 15 is 0 Å². The molecule has 43 heavy (non-hydrogen) atoms. The maximum Gasteiger partial charge on any atom is 0.251 e. The zero-order chi connectivity index (χ0) is 30.7. The monoisotopic (exact) mass is 641 g/mol. The van der Waals surface area contributed by atoms with Crippen LogP contribution in [0.25, 0.3) is 0 Å². The predicted octanol–water partition coefficient (Wildman–Crippen LogP) is 5.70. The van der Waals surface area contributed by atoms with Gasteiger partial charge in [0.25, 0.3) is 5.91 Å². The Morgan fingerprint density at radius 1 is 1.02 bits per heavy atom. The van der Waals surface area contributed by atoms with Gasteiger partial charge in [-0.1, -0.05) is 54.4 Å². The molecule has 1 atom stereocenters. The van der Waals surface area contributed by atoms with E-state index in [1.54, 1.807) is 18.6 Å². The standard InChI is InChI=1S/C31H30Cl2FN5O3S/c1-20(29-17-35-11-12-36-29)16-37-31(40)23-13-26(34)15-27(14-23)39(43(2,41)42)28-18-38(19-28)30(21-3-7-24(32)8-4-21)22-5-9-25(33)10-6-22/h3-15,17,20,28,30H,16,18-19H2,1-2H3,(H,37,40). The molecular formula is C31H30Cl2FN5O3S. The molecule has 0 bridgehead atoms. The summed E-state index contributed by atoms with van der Waals surface area (Å²) >= 11 is 12.3. The fourth-order valence-corrected chi connectivity index (χ4v) is 6.69. The van der Waals surface area contributed by atoms with Crippen LogP contribution < -0.4 is 9.62 Å². The maximum absolute atomic E-state index is 14.8. The van der Waals surface area contributed by atoms with Crippen LogP contribution in [0.4, 0.5) is 10.1 Å². The molecule has 1 aliphatic heterocycles. The fraction of sp³-hybridized carbons (Fsp3) is 0.258. The molecule has 1 aromatic heterocycles. The summed E-state index contributed by atoms with van der Waals surface area (Å²) in [5.74, 6) is -1.37. The molecule has 2 heterocycles. The number of nitrogens with one attached hydrogen (secondary N) is 1. The molecule has 224 valence electrons. The van der Waals surface area contributed by atoms with Crippen LogP contribution in [0.3, 0.4) is 0 Å². The highest BCUT2D eigenvalue weighted by atomic mass is 35.5. The van der Waals surface area contributed by atoms with E-state index < -0.39 is 27.8 Å². The van der Waals surface area contributed by atoms with E-state index in [-0.39, 0.29) is 29.8 Å². The summed E-state index contributed by atoms with van der Waals surface area (Å²) in [4.78, 5) is 23.4. The molecule has 1 fully saturated rings. The third-order valence-electron chi connectivity index (χ3n) is 7.37. The first-order chi connectivity index (χ1) is 20.5. The number of rotatable bonds is 10. The third-order valence-corrected chi connectivity index (χ3v) is 9.10. The number of nitrogens with zero attached hydrogens (tertiary/aromatic N) is 4. The van der Waals surface area contributed by atoms with Crippen LogP contribution in [0.15, 0.2) is 85.3 Å². The molecule has 1 aliphatic rings.